The maximum Gasteiger partial charge on any atom is 0.148 e. The maximum atomic E-state index is 9.05. The highest BCUT2D eigenvalue weighted by molar-refractivity contribution is 5.50. The Labute approximate surface area is 101 Å². The van der Waals surface area contributed by atoms with Crippen LogP contribution in [0.5, 0.6) is 11.5 Å². The summed E-state index contributed by atoms with van der Waals surface area (Å²) in [5, 5.41) is 9.05. The molecule has 17 heavy (non-hydrogen) atoms. The summed E-state index contributed by atoms with van der Waals surface area (Å²) in [7, 11) is 0. The van der Waals surface area contributed by atoms with Crippen LogP contribution in [-0.4, -0.2) is 0 Å². The lowest BCUT2D eigenvalue weighted by Gasteiger charge is -2.10. The van der Waals surface area contributed by atoms with Crippen LogP contribution in [-0.2, 0) is 0 Å². The molecule has 0 unspecified atom stereocenters. The molecule has 0 spiro atoms. The van der Waals surface area contributed by atoms with Crippen LogP contribution >= 0.6 is 0 Å². The molecule has 0 aliphatic rings. The topological polar surface area (TPSA) is 33.0 Å². The van der Waals surface area contributed by atoms with E-state index >= 15 is 0 Å². The van der Waals surface area contributed by atoms with Crippen molar-refractivity contribution < 1.29 is 4.74 Å². The molecule has 2 rings (SSSR count). The second-order valence-corrected chi connectivity index (χ2v) is 3.98. The zero-order valence-electron chi connectivity index (χ0n) is 9.90. The number of rotatable bonds is 2. The molecule has 84 valence electrons. The summed E-state index contributed by atoms with van der Waals surface area (Å²) in [6.07, 6.45) is 0. The van der Waals surface area contributed by atoms with Gasteiger partial charge in [-0.05, 0) is 43.2 Å². The zero-order valence-corrected chi connectivity index (χ0v) is 9.90. The third-order valence-electron chi connectivity index (χ3n) is 2.54. The largest absolute Gasteiger partial charge is 0.456 e. The standard InChI is InChI=1S/C15H13NO/c1-11-5-3-8-14(9-11)17-15-12(2)6-4-7-13(15)10-16/h3-9H,1-2H3. The third kappa shape index (κ3) is 2.46. The van der Waals surface area contributed by atoms with Crippen LogP contribution in [0.1, 0.15) is 16.7 Å². The lowest BCUT2D eigenvalue weighted by atomic mass is 10.1. The Kier molecular flexibility index (Phi) is 3.11. The molecule has 0 aliphatic carbocycles. The molecule has 2 nitrogen and oxygen atoms in total. The van der Waals surface area contributed by atoms with Crippen LogP contribution in [0.25, 0.3) is 0 Å². The lowest BCUT2D eigenvalue weighted by molar-refractivity contribution is 0.477. The predicted octanol–water partition coefficient (Wildman–Crippen LogP) is 3.97. The van der Waals surface area contributed by atoms with Gasteiger partial charge in [0.1, 0.15) is 17.6 Å². The molecule has 0 N–H and O–H groups in total. The second-order valence-electron chi connectivity index (χ2n) is 3.98. The fourth-order valence-corrected chi connectivity index (χ4v) is 1.67. The van der Waals surface area contributed by atoms with E-state index < -0.39 is 0 Å². The van der Waals surface area contributed by atoms with Crippen molar-refractivity contribution in [3.05, 3.63) is 59.2 Å². The average Bonchev–Trinajstić information content (AvgIpc) is 2.32. The molecular formula is C15H13NO. The SMILES string of the molecule is Cc1cccc(Oc2c(C)cccc2C#N)c1. The number of nitrogens with zero attached hydrogens (tertiary/aromatic N) is 1. The maximum absolute atomic E-state index is 9.05. The highest BCUT2D eigenvalue weighted by atomic mass is 16.5. The van der Waals surface area contributed by atoms with E-state index in [1.807, 2.05) is 50.2 Å². The quantitative estimate of drug-likeness (QED) is 0.771. The van der Waals surface area contributed by atoms with Gasteiger partial charge in [0.05, 0.1) is 5.56 Å². The van der Waals surface area contributed by atoms with E-state index in [2.05, 4.69) is 6.07 Å². The Balaban J connectivity index is 2.40. The van der Waals surface area contributed by atoms with E-state index in [1.54, 1.807) is 6.07 Å². The minimum absolute atomic E-state index is 0.562. The normalized spacial score (nSPS) is 9.71. The minimum Gasteiger partial charge on any atom is -0.456 e. The third-order valence-corrected chi connectivity index (χ3v) is 2.54. The van der Waals surface area contributed by atoms with Crippen molar-refractivity contribution in [3.8, 4) is 17.6 Å². The Hall–Kier alpha value is -2.27. The number of ether oxygens (including phenoxy) is 1. The number of aryl methyl sites for hydroxylation is 2. The van der Waals surface area contributed by atoms with Crippen LogP contribution in [0.4, 0.5) is 0 Å². The minimum atomic E-state index is 0.562. The smallest absolute Gasteiger partial charge is 0.148 e. The van der Waals surface area contributed by atoms with Gasteiger partial charge in [-0.25, -0.2) is 0 Å². The van der Waals surface area contributed by atoms with E-state index in [9.17, 15) is 0 Å². The first-order valence-corrected chi connectivity index (χ1v) is 5.45. The van der Waals surface area contributed by atoms with E-state index in [4.69, 9.17) is 10.00 Å². The number of hydrogen-bond acceptors (Lipinski definition) is 2. The first-order chi connectivity index (χ1) is 8.20. The van der Waals surface area contributed by atoms with Gasteiger partial charge in [-0.2, -0.15) is 5.26 Å². The molecule has 0 heterocycles. The summed E-state index contributed by atoms with van der Waals surface area (Å²) in [5.41, 5.74) is 2.66. The van der Waals surface area contributed by atoms with Gasteiger partial charge < -0.3 is 4.74 Å². The van der Waals surface area contributed by atoms with Gasteiger partial charge in [0, 0.05) is 0 Å². The summed E-state index contributed by atoms with van der Waals surface area (Å²) in [4.78, 5) is 0. The van der Waals surface area contributed by atoms with Crippen LogP contribution < -0.4 is 4.74 Å². The van der Waals surface area contributed by atoms with E-state index in [0.29, 0.717) is 11.3 Å². The Morgan fingerprint density at radius 1 is 1.06 bits per heavy atom. The lowest BCUT2D eigenvalue weighted by Crippen LogP contribution is -1.91. The highest BCUT2D eigenvalue weighted by Gasteiger charge is 2.07. The highest BCUT2D eigenvalue weighted by Crippen LogP contribution is 2.28. The number of nitriles is 1. The van der Waals surface area contributed by atoms with Crippen molar-refractivity contribution in [3.63, 3.8) is 0 Å². The van der Waals surface area contributed by atoms with Gasteiger partial charge >= 0.3 is 0 Å². The number of benzene rings is 2. The van der Waals surface area contributed by atoms with Gasteiger partial charge in [-0.1, -0.05) is 24.3 Å². The van der Waals surface area contributed by atoms with E-state index in [0.717, 1.165) is 16.9 Å². The Morgan fingerprint density at radius 3 is 2.53 bits per heavy atom. The molecule has 2 aromatic carbocycles. The molecule has 2 heteroatoms. The summed E-state index contributed by atoms with van der Waals surface area (Å²) < 4.78 is 5.79. The Bertz CT molecular complexity index is 582. The van der Waals surface area contributed by atoms with Crippen LogP contribution in [0.15, 0.2) is 42.5 Å². The molecule has 0 saturated heterocycles. The summed E-state index contributed by atoms with van der Waals surface area (Å²) in [6.45, 7) is 3.95. The zero-order chi connectivity index (χ0) is 12.3. The van der Waals surface area contributed by atoms with Crippen molar-refractivity contribution in [1.29, 1.82) is 5.26 Å². The van der Waals surface area contributed by atoms with Crippen molar-refractivity contribution in [2.45, 2.75) is 13.8 Å². The molecule has 0 aliphatic heterocycles. The summed E-state index contributed by atoms with van der Waals surface area (Å²) in [6, 6.07) is 15.5. The molecule has 0 aromatic heterocycles. The van der Waals surface area contributed by atoms with Gasteiger partial charge in [-0.15, -0.1) is 0 Å². The monoisotopic (exact) mass is 223 g/mol. The molecule has 0 fully saturated rings. The van der Waals surface area contributed by atoms with Crippen molar-refractivity contribution in [1.82, 2.24) is 0 Å². The molecular weight excluding hydrogens is 210 g/mol. The van der Waals surface area contributed by atoms with Crippen LogP contribution in [0, 0.1) is 25.2 Å². The number of para-hydroxylation sites is 1. The first kappa shape index (κ1) is 11.2. The molecule has 0 radical (unpaired) electrons. The van der Waals surface area contributed by atoms with Crippen molar-refractivity contribution in [2.75, 3.05) is 0 Å². The fraction of sp³-hybridized carbons (Fsp3) is 0.133. The summed E-state index contributed by atoms with van der Waals surface area (Å²) >= 11 is 0. The van der Waals surface area contributed by atoms with Crippen LogP contribution in [0.2, 0.25) is 0 Å². The molecule has 0 amide bonds. The summed E-state index contributed by atoms with van der Waals surface area (Å²) in [5.74, 6) is 1.40. The molecule has 0 bridgehead atoms. The van der Waals surface area contributed by atoms with Gasteiger partial charge in [0.2, 0.25) is 0 Å². The van der Waals surface area contributed by atoms with Gasteiger partial charge in [0.15, 0.2) is 0 Å². The molecule has 0 atom stereocenters. The average molecular weight is 223 g/mol. The molecule has 0 saturated carbocycles. The van der Waals surface area contributed by atoms with E-state index in [-0.39, 0.29) is 0 Å². The second kappa shape index (κ2) is 4.71. The van der Waals surface area contributed by atoms with Gasteiger partial charge in [-0.3, -0.25) is 0 Å². The molecule has 2 aromatic rings. The number of hydrogen-bond donors (Lipinski definition) is 0. The van der Waals surface area contributed by atoms with Crippen LogP contribution in [0.3, 0.4) is 0 Å². The van der Waals surface area contributed by atoms with Crippen molar-refractivity contribution >= 4 is 0 Å². The van der Waals surface area contributed by atoms with Gasteiger partial charge in [0.25, 0.3) is 0 Å². The Morgan fingerprint density at radius 2 is 1.82 bits per heavy atom. The first-order valence-electron chi connectivity index (χ1n) is 5.45. The van der Waals surface area contributed by atoms with Crippen molar-refractivity contribution in [2.24, 2.45) is 0 Å². The predicted molar refractivity (Wildman–Crippen MR) is 67.1 cm³/mol. The fourth-order valence-electron chi connectivity index (χ4n) is 1.67. The van der Waals surface area contributed by atoms with E-state index in [1.165, 1.54) is 0 Å².